The highest BCUT2D eigenvalue weighted by Gasteiger charge is 2.18. The lowest BCUT2D eigenvalue weighted by Crippen LogP contribution is -1.97. The van der Waals surface area contributed by atoms with E-state index in [0.29, 0.717) is 11.5 Å². The summed E-state index contributed by atoms with van der Waals surface area (Å²) in [6.07, 6.45) is 2.85. The Morgan fingerprint density at radius 2 is 1.95 bits per heavy atom. The van der Waals surface area contributed by atoms with Crippen molar-refractivity contribution in [1.29, 1.82) is 0 Å². The van der Waals surface area contributed by atoms with Gasteiger partial charge in [0.2, 0.25) is 0 Å². The van der Waals surface area contributed by atoms with Crippen molar-refractivity contribution >= 4 is 16.6 Å². The highest BCUT2D eigenvalue weighted by Crippen LogP contribution is 2.27. The van der Waals surface area contributed by atoms with Crippen LogP contribution < -0.4 is 0 Å². The van der Waals surface area contributed by atoms with Crippen molar-refractivity contribution in [2.45, 2.75) is 6.10 Å². The quantitative estimate of drug-likeness (QED) is 0.605. The van der Waals surface area contributed by atoms with E-state index in [4.69, 9.17) is 4.42 Å². The predicted molar refractivity (Wildman–Crippen MR) is 75.5 cm³/mol. The molecule has 0 bridgehead atoms. The minimum atomic E-state index is -0.859. The molecule has 1 aromatic carbocycles. The summed E-state index contributed by atoms with van der Waals surface area (Å²) in [6.45, 7) is 0. The molecule has 3 heterocycles. The summed E-state index contributed by atoms with van der Waals surface area (Å²) in [7, 11) is 0. The molecular formula is C16H12N2O2. The largest absolute Gasteiger partial charge is 0.458 e. The van der Waals surface area contributed by atoms with Crippen molar-refractivity contribution in [3.05, 3.63) is 72.4 Å². The first kappa shape index (κ1) is 11.3. The Labute approximate surface area is 114 Å². The van der Waals surface area contributed by atoms with Crippen LogP contribution in [0.15, 0.2) is 65.3 Å². The fraction of sp³-hybridized carbons (Fsp3) is 0.0625. The second-order valence-electron chi connectivity index (χ2n) is 4.72. The third-order valence-corrected chi connectivity index (χ3v) is 3.38. The Morgan fingerprint density at radius 3 is 2.80 bits per heavy atom. The molecular weight excluding hydrogens is 252 g/mol. The molecule has 4 rings (SSSR count). The number of nitrogens with zero attached hydrogens (tertiary/aromatic N) is 2. The van der Waals surface area contributed by atoms with Crippen molar-refractivity contribution in [1.82, 2.24) is 9.38 Å². The number of benzene rings is 1. The molecule has 3 aromatic heterocycles. The lowest BCUT2D eigenvalue weighted by molar-refractivity contribution is 0.188. The third kappa shape index (κ3) is 1.70. The summed E-state index contributed by atoms with van der Waals surface area (Å²) >= 11 is 0. The topological polar surface area (TPSA) is 50.7 Å². The molecule has 0 spiro atoms. The fourth-order valence-electron chi connectivity index (χ4n) is 2.37. The van der Waals surface area contributed by atoms with Gasteiger partial charge in [0.1, 0.15) is 17.0 Å². The second kappa shape index (κ2) is 4.21. The number of fused-ring (bicyclic) bond motifs is 2. The normalized spacial score (nSPS) is 13.1. The van der Waals surface area contributed by atoms with Gasteiger partial charge in [0.05, 0.1) is 5.69 Å². The van der Waals surface area contributed by atoms with Crippen LogP contribution in [0.1, 0.15) is 17.6 Å². The Hall–Kier alpha value is -2.59. The minimum absolute atomic E-state index is 0.509. The van der Waals surface area contributed by atoms with Gasteiger partial charge in [-0.15, -0.1) is 0 Å². The zero-order valence-corrected chi connectivity index (χ0v) is 10.6. The van der Waals surface area contributed by atoms with E-state index in [1.807, 2.05) is 65.3 Å². The fourth-order valence-corrected chi connectivity index (χ4v) is 2.37. The summed E-state index contributed by atoms with van der Waals surface area (Å²) in [6, 6.07) is 15.3. The molecule has 20 heavy (non-hydrogen) atoms. The molecule has 0 amide bonds. The van der Waals surface area contributed by atoms with Crippen LogP contribution in [0, 0.1) is 0 Å². The van der Waals surface area contributed by atoms with Gasteiger partial charge in [0, 0.05) is 17.8 Å². The lowest BCUT2D eigenvalue weighted by Gasteiger charge is -2.02. The molecule has 4 nitrogen and oxygen atoms in total. The maximum absolute atomic E-state index is 10.4. The monoisotopic (exact) mass is 264 g/mol. The summed E-state index contributed by atoms with van der Waals surface area (Å²) in [5.74, 6) is 0.509. The maximum Gasteiger partial charge on any atom is 0.155 e. The first-order valence-electron chi connectivity index (χ1n) is 6.41. The zero-order valence-electron chi connectivity index (χ0n) is 10.6. The van der Waals surface area contributed by atoms with Gasteiger partial charge in [-0.25, -0.2) is 4.98 Å². The minimum Gasteiger partial charge on any atom is -0.458 e. The lowest BCUT2D eigenvalue weighted by atomic mass is 10.2. The van der Waals surface area contributed by atoms with Crippen LogP contribution >= 0.6 is 0 Å². The van der Waals surface area contributed by atoms with Crippen molar-refractivity contribution in [3.8, 4) is 0 Å². The van der Waals surface area contributed by atoms with Crippen LogP contribution in [0.2, 0.25) is 0 Å². The van der Waals surface area contributed by atoms with E-state index < -0.39 is 6.10 Å². The Morgan fingerprint density at radius 1 is 1.10 bits per heavy atom. The average Bonchev–Trinajstić information content (AvgIpc) is 3.10. The van der Waals surface area contributed by atoms with Gasteiger partial charge < -0.3 is 13.9 Å². The summed E-state index contributed by atoms with van der Waals surface area (Å²) in [4.78, 5) is 4.41. The Bertz CT molecular complexity index is 751. The van der Waals surface area contributed by atoms with E-state index in [2.05, 4.69) is 4.98 Å². The molecule has 0 saturated heterocycles. The van der Waals surface area contributed by atoms with E-state index in [9.17, 15) is 5.11 Å². The van der Waals surface area contributed by atoms with E-state index in [1.165, 1.54) is 0 Å². The number of furan rings is 1. The molecule has 0 saturated carbocycles. The van der Waals surface area contributed by atoms with Crippen LogP contribution in [-0.2, 0) is 0 Å². The molecule has 4 heteroatoms. The molecule has 1 unspecified atom stereocenters. The highest BCUT2D eigenvalue weighted by molar-refractivity contribution is 5.77. The standard InChI is InChI=1S/C16H12N2O2/c19-16(12-10-18-8-4-3-7-15(18)17-12)14-9-11-5-1-2-6-13(11)20-14/h1-10,16,19H. The Kier molecular flexibility index (Phi) is 2.37. The third-order valence-electron chi connectivity index (χ3n) is 3.38. The van der Waals surface area contributed by atoms with Gasteiger partial charge >= 0.3 is 0 Å². The molecule has 1 N–H and O–H groups in total. The number of rotatable bonds is 2. The number of aliphatic hydroxyl groups is 1. The zero-order chi connectivity index (χ0) is 13.5. The van der Waals surface area contributed by atoms with Gasteiger partial charge in [-0.05, 0) is 24.3 Å². The van der Waals surface area contributed by atoms with Crippen LogP contribution in [-0.4, -0.2) is 14.5 Å². The molecule has 98 valence electrons. The smallest absolute Gasteiger partial charge is 0.155 e. The molecule has 0 radical (unpaired) electrons. The van der Waals surface area contributed by atoms with Gasteiger partial charge in [-0.1, -0.05) is 24.3 Å². The highest BCUT2D eigenvalue weighted by atomic mass is 16.4. The van der Waals surface area contributed by atoms with Gasteiger partial charge in [-0.3, -0.25) is 0 Å². The number of aliphatic hydroxyl groups excluding tert-OH is 1. The maximum atomic E-state index is 10.4. The molecule has 0 aliphatic carbocycles. The van der Waals surface area contributed by atoms with Crippen molar-refractivity contribution < 1.29 is 9.52 Å². The van der Waals surface area contributed by atoms with Crippen LogP contribution in [0.25, 0.3) is 16.6 Å². The van der Waals surface area contributed by atoms with E-state index in [-0.39, 0.29) is 0 Å². The summed E-state index contributed by atoms with van der Waals surface area (Å²) < 4.78 is 7.56. The predicted octanol–water partition coefficient (Wildman–Crippen LogP) is 3.16. The molecule has 0 aliphatic heterocycles. The number of imidazole rings is 1. The van der Waals surface area contributed by atoms with E-state index in [1.54, 1.807) is 0 Å². The van der Waals surface area contributed by atoms with Crippen molar-refractivity contribution in [3.63, 3.8) is 0 Å². The van der Waals surface area contributed by atoms with E-state index >= 15 is 0 Å². The van der Waals surface area contributed by atoms with Crippen LogP contribution in [0.4, 0.5) is 0 Å². The molecule has 0 aliphatic rings. The second-order valence-corrected chi connectivity index (χ2v) is 4.72. The molecule has 1 atom stereocenters. The average molecular weight is 264 g/mol. The summed E-state index contributed by atoms with van der Waals surface area (Å²) in [5, 5.41) is 11.4. The molecule has 0 fully saturated rings. The summed E-state index contributed by atoms with van der Waals surface area (Å²) in [5.41, 5.74) is 2.15. The van der Waals surface area contributed by atoms with Crippen molar-refractivity contribution in [2.24, 2.45) is 0 Å². The van der Waals surface area contributed by atoms with Gasteiger partial charge in [-0.2, -0.15) is 0 Å². The SMILES string of the molecule is OC(c1cn2ccccc2n1)c1cc2ccccc2o1. The first-order chi connectivity index (χ1) is 9.81. The first-order valence-corrected chi connectivity index (χ1v) is 6.41. The van der Waals surface area contributed by atoms with Crippen molar-refractivity contribution in [2.75, 3.05) is 0 Å². The Balaban J connectivity index is 1.80. The number of hydrogen-bond acceptors (Lipinski definition) is 3. The number of para-hydroxylation sites is 1. The van der Waals surface area contributed by atoms with Gasteiger partial charge in [0.15, 0.2) is 6.10 Å². The number of aromatic nitrogens is 2. The van der Waals surface area contributed by atoms with Crippen LogP contribution in [0.3, 0.4) is 0 Å². The number of hydrogen-bond donors (Lipinski definition) is 1. The van der Waals surface area contributed by atoms with Crippen LogP contribution in [0.5, 0.6) is 0 Å². The number of pyridine rings is 1. The van der Waals surface area contributed by atoms with E-state index in [0.717, 1.165) is 16.6 Å². The molecule has 4 aromatic rings. The van der Waals surface area contributed by atoms with Gasteiger partial charge in [0.25, 0.3) is 0 Å².